The van der Waals surface area contributed by atoms with Crippen LogP contribution in [0.1, 0.15) is 6.42 Å². The van der Waals surface area contributed by atoms with Gasteiger partial charge >= 0.3 is 0 Å². The highest BCUT2D eigenvalue weighted by molar-refractivity contribution is 4.93. The SMILES string of the molecule is CO[C@@H]1O[C@@H](CO)C[C@@H]2O[C@H]12. The van der Waals surface area contributed by atoms with Gasteiger partial charge in [-0.2, -0.15) is 0 Å². The molecular formula is C7H12O4. The first-order chi connectivity index (χ1) is 5.35. The maximum Gasteiger partial charge on any atom is 0.186 e. The van der Waals surface area contributed by atoms with E-state index in [0.717, 1.165) is 6.42 Å². The highest BCUT2D eigenvalue weighted by atomic mass is 16.7. The van der Waals surface area contributed by atoms with E-state index in [2.05, 4.69) is 0 Å². The van der Waals surface area contributed by atoms with Crippen LogP contribution in [0.5, 0.6) is 0 Å². The standard InChI is InChI=1S/C7H12O4/c1-9-7-6-5(11-6)2-4(3-8)10-7/h4-8H,2-3H2,1H3/t4-,5+,6+,7-/m1/s1. The predicted molar refractivity (Wildman–Crippen MR) is 36.0 cm³/mol. The van der Waals surface area contributed by atoms with Crippen molar-refractivity contribution in [3.63, 3.8) is 0 Å². The Morgan fingerprint density at radius 1 is 1.55 bits per heavy atom. The van der Waals surface area contributed by atoms with Crippen molar-refractivity contribution in [3.8, 4) is 0 Å². The molecule has 0 unspecified atom stereocenters. The number of aliphatic hydroxyl groups excluding tert-OH is 1. The molecule has 0 aromatic heterocycles. The van der Waals surface area contributed by atoms with Crippen molar-refractivity contribution in [1.29, 1.82) is 0 Å². The molecule has 2 fully saturated rings. The molecule has 0 aromatic carbocycles. The Bertz CT molecular complexity index is 149. The summed E-state index contributed by atoms with van der Waals surface area (Å²) < 4.78 is 15.6. The van der Waals surface area contributed by atoms with E-state index in [9.17, 15) is 0 Å². The zero-order valence-corrected chi connectivity index (χ0v) is 6.40. The summed E-state index contributed by atoms with van der Waals surface area (Å²) in [6.45, 7) is 0.0481. The van der Waals surface area contributed by atoms with Gasteiger partial charge in [-0.1, -0.05) is 0 Å². The Labute approximate surface area is 65.1 Å². The summed E-state index contributed by atoms with van der Waals surface area (Å²) in [6.07, 6.45) is 0.782. The summed E-state index contributed by atoms with van der Waals surface area (Å²) in [6, 6.07) is 0. The molecular weight excluding hydrogens is 148 g/mol. The molecule has 11 heavy (non-hydrogen) atoms. The number of hydrogen-bond acceptors (Lipinski definition) is 4. The minimum Gasteiger partial charge on any atom is -0.394 e. The Hall–Kier alpha value is -0.160. The lowest BCUT2D eigenvalue weighted by molar-refractivity contribution is -0.181. The van der Waals surface area contributed by atoms with Gasteiger partial charge in [0.25, 0.3) is 0 Å². The lowest BCUT2D eigenvalue weighted by atomic mass is 10.1. The minimum atomic E-state index is -0.272. The van der Waals surface area contributed by atoms with Crippen molar-refractivity contribution in [1.82, 2.24) is 0 Å². The van der Waals surface area contributed by atoms with E-state index < -0.39 is 0 Å². The first-order valence-electron chi connectivity index (χ1n) is 3.79. The van der Waals surface area contributed by atoms with Crippen LogP contribution in [0.15, 0.2) is 0 Å². The number of aliphatic hydroxyl groups is 1. The zero-order valence-electron chi connectivity index (χ0n) is 6.40. The normalized spacial score (nSPS) is 48.5. The van der Waals surface area contributed by atoms with Crippen molar-refractivity contribution >= 4 is 0 Å². The molecule has 2 rings (SSSR count). The Kier molecular flexibility index (Phi) is 1.85. The van der Waals surface area contributed by atoms with E-state index in [-0.39, 0.29) is 31.2 Å². The largest absolute Gasteiger partial charge is 0.394 e. The number of methoxy groups -OCH3 is 1. The summed E-state index contributed by atoms with van der Waals surface area (Å²) in [5, 5.41) is 8.80. The van der Waals surface area contributed by atoms with E-state index in [1.54, 1.807) is 7.11 Å². The molecule has 2 saturated heterocycles. The van der Waals surface area contributed by atoms with Crippen LogP contribution in [-0.4, -0.2) is 43.4 Å². The molecule has 0 aliphatic carbocycles. The first kappa shape index (κ1) is 7.49. The van der Waals surface area contributed by atoms with Crippen LogP contribution in [0.2, 0.25) is 0 Å². The van der Waals surface area contributed by atoms with E-state index >= 15 is 0 Å². The molecule has 2 aliphatic rings. The van der Waals surface area contributed by atoms with Gasteiger partial charge in [-0.05, 0) is 0 Å². The summed E-state index contributed by atoms with van der Waals surface area (Å²) >= 11 is 0. The Morgan fingerprint density at radius 3 is 3.00 bits per heavy atom. The summed E-state index contributed by atoms with van der Waals surface area (Å²) in [5.41, 5.74) is 0. The molecule has 0 saturated carbocycles. The monoisotopic (exact) mass is 160 g/mol. The molecule has 64 valence electrons. The van der Waals surface area contributed by atoms with Crippen LogP contribution in [0.25, 0.3) is 0 Å². The molecule has 0 aromatic rings. The van der Waals surface area contributed by atoms with Gasteiger partial charge < -0.3 is 19.3 Å². The van der Waals surface area contributed by atoms with Gasteiger partial charge in [-0.15, -0.1) is 0 Å². The van der Waals surface area contributed by atoms with E-state index in [0.29, 0.717) is 0 Å². The van der Waals surface area contributed by atoms with Crippen LogP contribution in [0.4, 0.5) is 0 Å². The number of rotatable bonds is 2. The van der Waals surface area contributed by atoms with Crippen LogP contribution in [0, 0.1) is 0 Å². The van der Waals surface area contributed by atoms with Gasteiger partial charge in [0.1, 0.15) is 6.10 Å². The third-order valence-electron chi connectivity index (χ3n) is 2.15. The zero-order chi connectivity index (χ0) is 7.84. The van der Waals surface area contributed by atoms with Crippen LogP contribution in [0.3, 0.4) is 0 Å². The summed E-state index contributed by atoms with van der Waals surface area (Å²) in [7, 11) is 1.59. The van der Waals surface area contributed by atoms with Crippen molar-refractivity contribution in [2.45, 2.75) is 31.0 Å². The van der Waals surface area contributed by atoms with Gasteiger partial charge in [-0.25, -0.2) is 0 Å². The molecule has 0 spiro atoms. The Balaban J connectivity index is 1.92. The average molecular weight is 160 g/mol. The van der Waals surface area contributed by atoms with Crippen LogP contribution in [-0.2, 0) is 14.2 Å². The van der Waals surface area contributed by atoms with Crippen molar-refractivity contribution in [3.05, 3.63) is 0 Å². The Morgan fingerprint density at radius 2 is 2.36 bits per heavy atom. The second-order valence-electron chi connectivity index (χ2n) is 2.92. The van der Waals surface area contributed by atoms with Crippen LogP contribution < -0.4 is 0 Å². The highest BCUT2D eigenvalue weighted by Crippen LogP contribution is 2.36. The van der Waals surface area contributed by atoms with Gasteiger partial charge in [0.2, 0.25) is 0 Å². The second kappa shape index (κ2) is 2.71. The smallest absolute Gasteiger partial charge is 0.186 e. The van der Waals surface area contributed by atoms with Crippen molar-refractivity contribution < 1.29 is 19.3 Å². The molecule has 0 amide bonds. The van der Waals surface area contributed by atoms with Gasteiger partial charge in [0.05, 0.1) is 18.8 Å². The maximum atomic E-state index is 8.80. The lowest BCUT2D eigenvalue weighted by Crippen LogP contribution is -2.36. The average Bonchev–Trinajstić information content (AvgIpc) is 2.80. The number of hydrogen-bond donors (Lipinski definition) is 1. The maximum absolute atomic E-state index is 8.80. The van der Waals surface area contributed by atoms with Crippen molar-refractivity contribution in [2.75, 3.05) is 13.7 Å². The lowest BCUT2D eigenvalue weighted by Gasteiger charge is -2.24. The third-order valence-corrected chi connectivity index (χ3v) is 2.15. The molecule has 4 heteroatoms. The molecule has 0 bridgehead atoms. The van der Waals surface area contributed by atoms with E-state index in [1.165, 1.54) is 0 Å². The van der Waals surface area contributed by atoms with Crippen molar-refractivity contribution in [2.24, 2.45) is 0 Å². The fraction of sp³-hybridized carbons (Fsp3) is 1.00. The van der Waals surface area contributed by atoms with Crippen LogP contribution >= 0.6 is 0 Å². The molecule has 1 N–H and O–H groups in total. The van der Waals surface area contributed by atoms with E-state index in [4.69, 9.17) is 19.3 Å². The molecule has 4 atom stereocenters. The number of fused-ring (bicyclic) bond motifs is 1. The van der Waals surface area contributed by atoms with Gasteiger partial charge in [0, 0.05) is 13.5 Å². The minimum absolute atomic E-state index is 0.0481. The third kappa shape index (κ3) is 1.27. The molecule has 0 radical (unpaired) electrons. The molecule has 2 aliphatic heterocycles. The quantitative estimate of drug-likeness (QED) is 0.554. The van der Waals surface area contributed by atoms with Gasteiger partial charge in [0.15, 0.2) is 6.29 Å². The fourth-order valence-corrected chi connectivity index (χ4v) is 1.47. The van der Waals surface area contributed by atoms with Gasteiger partial charge in [-0.3, -0.25) is 0 Å². The van der Waals surface area contributed by atoms with E-state index in [1.807, 2.05) is 0 Å². The second-order valence-corrected chi connectivity index (χ2v) is 2.92. The fourth-order valence-electron chi connectivity index (χ4n) is 1.47. The topological polar surface area (TPSA) is 51.2 Å². The summed E-state index contributed by atoms with van der Waals surface area (Å²) in [5.74, 6) is 0. The highest BCUT2D eigenvalue weighted by Gasteiger charge is 2.51. The first-order valence-corrected chi connectivity index (χ1v) is 3.79. The predicted octanol–water partition coefficient (Wildman–Crippen LogP) is -0.493. The number of ether oxygens (including phenoxy) is 3. The molecule has 4 nitrogen and oxygen atoms in total. The number of epoxide rings is 1. The molecule has 2 heterocycles. The summed E-state index contributed by atoms with van der Waals surface area (Å²) in [4.78, 5) is 0.